The molecule has 4 aromatic rings. The lowest BCUT2D eigenvalue weighted by molar-refractivity contribution is 0.102. The van der Waals surface area contributed by atoms with Gasteiger partial charge in [0.05, 0.1) is 5.69 Å². The third kappa shape index (κ3) is 5.67. The molecule has 31 heavy (non-hydrogen) atoms. The van der Waals surface area contributed by atoms with Gasteiger partial charge >= 0.3 is 0 Å². The minimum Gasteiger partial charge on any atom is -0.321 e. The third-order valence-electron chi connectivity index (χ3n) is 4.49. The van der Waals surface area contributed by atoms with Crippen LogP contribution in [0.4, 0.5) is 5.69 Å². The third-order valence-corrected chi connectivity index (χ3v) is 5.95. The number of hydrogen-bond acceptors (Lipinski definition) is 4. The minimum absolute atomic E-state index is 0.191. The molecule has 0 unspecified atom stereocenters. The van der Waals surface area contributed by atoms with Crippen molar-refractivity contribution in [3.8, 4) is 0 Å². The van der Waals surface area contributed by atoms with Crippen LogP contribution in [0.5, 0.6) is 0 Å². The molecule has 1 aromatic heterocycles. The summed E-state index contributed by atoms with van der Waals surface area (Å²) >= 11 is 13.5. The van der Waals surface area contributed by atoms with Crippen LogP contribution in [0, 0.1) is 0 Å². The maximum absolute atomic E-state index is 12.7. The number of benzene rings is 3. The number of aryl methyl sites for hydroxylation is 2. The van der Waals surface area contributed by atoms with Gasteiger partial charge in [-0.15, -0.1) is 5.10 Å². The lowest BCUT2D eigenvalue weighted by Crippen LogP contribution is -2.12. The molecule has 0 saturated carbocycles. The number of aromatic nitrogens is 3. The smallest absolute Gasteiger partial charge is 0.255 e. The zero-order chi connectivity index (χ0) is 21.6. The first-order valence-corrected chi connectivity index (χ1v) is 11.1. The van der Waals surface area contributed by atoms with E-state index in [2.05, 4.69) is 27.5 Å². The number of carbonyl (C=O) groups excluding carboxylic acids is 1. The van der Waals surface area contributed by atoms with E-state index in [1.807, 2.05) is 42.5 Å². The van der Waals surface area contributed by atoms with Gasteiger partial charge in [-0.2, -0.15) is 4.98 Å². The van der Waals surface area contributed by atoms with Crippen LogP contribution >= 0.6 is 35.0 Å². The van der Waals surface area contributed by atoms with Crippen LogP contribution in [0.1, 0.15) is 15.9 Å². The van der Waals surface area contributed by atoms with Crippen molar-refractivity contribution < 1.29 is 4.79 Å². The van der Waals surface area contributed by atoms with Crippen molar-refractivity contribution in [1.82, 2.24) is 14.8 Å². The number of hydrogen-bond donors (Lipinski definition) is 1. The van der Waals surface area contributed by atoms with E-state index in [1.54, 1.807) is 28.9 Å². The SMILES string of the molecule is O=C(Nc1ccccc1Sc1nc(Cl)nn1CCc1ccccc1)c1cccc(Cl)c1. The maximum atomic E-state index is 12.7. The lowest BCUT2D eigenvalue weighted by atomic mass is 10.2. The van der Waals surface area contributed by atoms with Gasteiger partial charge in [-0.25, -0.2) is 4.68 Å². The monoisotopic (exact) mass is 468 g/mol. The maximum Gasteiger partial charge on any atom is 0.255 e. The molecule has 0 aliphatic carbocycles. The van der Waals surface area contributed by atoms with E-state index in [0.717, 1.165) is 11.3 Å². The first kappa shape index (κ1) is 21.4. The Kier molecular flexibility index (Phi) is 6.92. The normalized spacial score (nSPS) is 10.8. The molecule has 1 N–H and O–H groups in total. The van der Waals surface area contributed by atoms with Crippen molar-refractivity contribution in [2.24, 2.45) is 0 Å². The van der Waals surface area contributed by atoms with Crippen LogP contribution < -0.4 is 5.32 Å². The second kappa shape index (κ2) is 10.0. The van der Waals surface area contributed by atoms with Crippen molar-refractivity contribution in [1.29, 1.82) is 0 Å². The van der Waals surface area contributed by atoms with E-state index in [-0.39, 0.29) is 11.2 Å². The van der Waals surface area contributed by atoms with E-state index in [9.17, 15) is 4.79 Å². The van der Waals surface area contributed by atoms with Crippen molar-refractivity contribution in [3.05, 3.63) is 100 Å². The minimum atomic E-state index is -0.237. The standard InChI is InChI=1S/C23H18Cl2N4OS/c24-18-10-6-9-17(15-18)21(30)26-19-11-4-5-12-20(19)31-23-27-22(25)28-29(23)14-13-16-7-2-1-3-8-16/h1-12,15H,13-14H2,(H,26,30). The number of nitrogens with zero attached hydrogens (tertiary/aromatic N) is 3. The predicted octanol–water partition coefficient (Wildman–Crippen LogP) is 6.23. The van der Waals surface area contributed by atoms with Gasteiger partial charge in [0.1, 0.15) is 0 Å². The Morgan fingerprint density at radius 2 is 1.74 bits per heavy atom. The molecule has 4 rings (SSSR count). The molecule has 1 heterocycles. The molecule has 0 aliphatic heterocycles. The summed E-state index contributed by atoms with van der Waals surface area (Å²) in [6.07, 6.45) is 0.807. The number of nitrogens with one attached hydrogen (secondary N) is 1. The Morgan fingerprint density at radius 3 is 2.55 bits per heavy atom. The van der Waals surface area contributed by atoms with Crippen LogP contribution in [-0.2, 0) is 13.0 Å². The van der Waals surface area contributed by atoms with Gasteiger partial charge in [-0.3, -0.25) is 4.79 Å². The van der Waals surface area contributed by atoms with E-state index in [0.29, 0.717) is 28.0 Å². The topological polar surface area (TPSA) is 59.8 Å². The molecule has 0 bridgehead atoms. The second-order valence-electron chi connectivity index (χ2n) is 6.68. The summed E-state index contributed by atoms with van der Waals surface area (Å²) in [5.74, 6) is -0.237. The molecule has 156 valence electrons. The van der Waals surface area contributed by atoms with Gasteiger partial charge in [0.2, 0.25) is 5.28 Å². The molecular weight excluding hydrogens is 451 g/mol. The quantitative estimate of drug-likeness (QED) is 0.349. The fraction of sp³-hybridized carbons (Fsp3) is 0.0870. The van der Waals surface area contributed by atoms with E-state index >= 15 is 0 Å². The first-order chi connectivity index (χ1) is 15.1. The molecule has 0 saturated heterocycles. The zero-order valence-corrected chi connectivity index (χ0v) is 18.7. The van der Waals surface area contributed by atoms with Gasteiger partial charge in [0, 0.05) is 22.0 Å². The van der Waals surface area contributed by atoms with Gasteiger partial charge in [0.25, 0.3) is 5.91 Å². The van der Waals surface area contributed by atoms with Gasteiger partial charge in [-0.05, 0) is 65.7 Å². The van der Waals surface area contributed by atoms with Gasteiger partial charge < -0.3 is 5.32 Å². The summed E-state index contributed by atoms with van der Waals surface area (Å²) < 4.78 is 1.79. The molecular formula is C23H18Cl2N4OS. The second-order valence-corrected chi connectivity index (χ2v) is 8.47. The van der Waals surface area contributed by atoms with Crippen molar-refractivity contribution in [2.45, 2.75) is 23.0 Å². The van der Waals surface area contributed by atoms with Gasteiger partial charge in [-0.1, -0.05) is 60.1 Å². The summed E-state index contributed by atoms with van der Waals surface area (Å²) in [7, 11) is 0. The highest BCUT2D eigenvalue weighted by Crippen LogP contribution is 2.33. The molecule has 5 nitrogen and oxygen atoms in total. The van der Waals surface area contributed by atoms with Crippen LogP contribution in [0.15, 0.2) is 88.9 Å². The Hall–Kier alpha value is -2.80. The number of carbonyl (C=O) groups is 1. The number of para-hydroxylation sites is 1. The fourth-order valence-electron chi connectivity index (χ4n) is 2.98. The van der Waals surface area contributed by atoms with Gasteiger partial charge in [0.15, 0.2) is 5.16 Å². The highest BCUT2D eigenvalue weighted by Gasteiger charge is 2.15. The molecule has 0 atom stereocenters. The Balaban J connectivity index is 1.52. The molecule has 0 radical (unpaired) electrons. The van der Waals surface area contributed by atoms with Crippen LogP contribution in [-0.4, -0.2) is 20.7 Å². The van der Waals surface area contributed by atoms with Crippen LogP contribution in [0.3, 0.4) is 0 Å². The highest BCUT2D eigenvalue weighted by molar-refractivity contribution is 7.99. The van der Waals surface area contributed by atoms with Crippen molar-refractivity contribution in [3.63, 3.8) is 0 Å². The van der Waals surface area contributed by atoms with E-state index in [4.69, 9.17) is 23.2 Å². The summed E-state index contributed by atoms with van der Waals surface area (Å²) in [5.41, 5.74) is 2.37. The van der Waals surface area contributed by atoms with Crippen molar-refractivity contribution >= 4 is 46.6 Å². The zero-order valence-electron chi connectivity index (χ0n) is 16.3. The summed E-state index contributed by atoms with van der Waals surface area (Å²) in [4.78, 5) is 17.9. The van der Waals surface area contributed by atoms with Crippen LogP contribution in [0.2, 0.25) is 10.3 Å². The van der Waals surface area contributed by atoms with Crippen LogP contribution in [0.25, 0.3) is 0 Å². The lowest BCUT2D eigenvalue weighted by Gasteiger charge is -2.11. The Labute approximate surface area is 194 Å². The number of amides is 1. The largest absolute Gasteiger partial charge is 0.321 e. The average molecular weight is 469 g/mol. The number of rotatable bonds is 7. The molecule has 0 spiro atoms. The summed E-state index contributed by atoms with van der Waals surface area (Å²) in [6, 6.07) is 24.5. The average Bonchev–Trinajstić information content (AvgIpc) is 3.13. The fourth-order valence-corrected chi connectivity index (χ4v) is 4.34. The van der Waals surface area contributed by atoms with E-state index < -0.39 is 0 Å². The first-order valence-electron chi connectivity index (χ1n) is 9.56. The highest BCUT2D eigenvalue weighted by atomic mass is 35.5. The summed E-state index contributed by atoms with van der Waals surface area (Å²) in [6.45, 7) is 0.642. The molecule has 3 aromatic carbocycles. The van der Waals surface area contributed by atoms with E-state index in [1.165, 1.54) is 17.3 Å². The summed E-state index contributed by atoms with van der Waals surface area (Å²) in [5, 5.41) is 8.63. The molecule has 0 aliphatic rings. The Bertz CT molecular complexity index is 1200. The predicted molar refractivity (Wildman–Crippen MR) is 125 cm³/mol. The van der Waals surface area contributed by atoms with Crippen molar-refractivity contribution in [2.75, 3.05) is 5.32 Å². The molecule has 0 fully saturated rings. The molecule has 8 heteroatoms. The number of halogens is 2. The number of anilines is 1. The Morgan fingerprint density at radius 1 is 0.968 bits per heavy atom. The molecule has 1 amide bonds.